The Morgan fingerprint density at radius 1 is 1.06 bits per heavy atom. The highest BCUT2D eigenvalue weighted by Gasteiger charge is 2.69. The second kappa shape index (κ2) is 8.19. The number of amides is 1. The maximum absolute atomic E-state index is 13.7. The van der Waals surface area contributed by atoms with Crippen LogP contribution in [-0.4, -0.2) is 50.6 Å². The summed E-state index contributed by atoms with van der Waals surface area (Å²) in [6.07, 6.45) is 0.0631. The Morgan fingerprint density at radius 3 is 2.23 bits per heavy atom. The summed E-state index contributed by atoms with van der Waals surface area (Å²) in [6, 6.07) is 2.67. The van der Waals surface area contributed by atoms with Gasteiger partial charge in [-0.25, -0.2) is 0 Å². The number of aromatic hydroxyl groups is 1. The summed E-state index contributed by atoms with van der Waals surface area (Å²) in [5.74, 6) is -12.8. The smallest absolute Gasteiger partial charge is 0.235 e. The molecule has 6 atom stereocenters. The molecule has 9 nitrogen and oxygen atoms in total. The number of nitrogens with two attached hydrogens (primary N) is 1. The number of carbonyl (C=O) groups excluding carboxylic acids is 6. The number of carbonyl (C=O) groups is 6. The Bertz CT molecular complexity index is 1200. The molecule has 3 aliphatic carbocycles. The van der Waals surface area contributed by atoms with E-state index in [1.54, 1.807) is 27.7 Å². The first kappa shape index (κ1) is 24.9. The van der Waals surface area contributed by atoms with Crippen LogP contribution in [-0.2, 0) is 25.6 Å². The summed E-state index contributed by atoms with van der Waals surface area (Å²) in [6.45, 7) is 6.79. The lowest BCUT2D eigenvalue weighted by Crippen LogP contribution is -2.71. The lowest BCUT2D eigenvalue weighted by atomic mass is 9.49. The molecule has 0 spiro atoms. The van der Waals surface area contributed by atoms with E-state index in [4.69, 9.17) is 5.73 Å². The predicted octanol–water partition coefficient (Wildman–Crippen LogP) is 1.05. The number of aliphatic hydroxyl groups is 1. The Hall–Kier alpha value is -3.20. The molecule has 0 saturated heterocycles. The van der Waals surface area contributed by atoms with Crippen molar-refractivity contribution >= 4 is 34.8 Å². The fourth-order valence-corrected chi connectivity index (χ4v) is 6.40. The molecule has 2 unspecified atom stereocenters. The van der Waals surface area contributed by atoms with Crippen LogP contribution in [0.5, 0.6) is 5.75 Å². The van der Waals surface area contributed by atoms with Crippen LogP contribution in [0.1, 0.15) is 60.4 Å². The second-order valence-electron chi connectivity index (χ2n) is 10.7. The minimum atomic E-state index is -2.72. The molecule has 35 heavy (non-hydrogen) atoms. The van der Waals surface area contributed by atoms with Gasteiger partial charge < -0.3 is 15.9 Å². The minimum Gasteiger partial charge on any atom is -0.507 e. The van der Waals surface area contributed by atoms with Crippen molar-refractivity contribution in [1.29, 1.82) is 0 Å². The minimum absolute atomic E-state index is 0.0190. The largest absolute Gasteiger partial charge is 0.507 e. The highest BCUT2D eigenvalue weighted by molar-refractivity contribution is 6.32. The van der Waals surface area contributed by atoms with Gasteiger partial charge in [0.25, 0.3) is 0 Å². The molecule has 9 heteroatoms. The van der Waals surface area contributed by atoms with Crippen molar-refractivity contribution in [3.8, 4) is 5.75 Å². The fraction of sp³-hybridized carbons (Fsp3) is 0.538. The Kier molecular flexibility index (Phi) is 5.83. The molecule has 0 aromatic heterocycles. The van der Waals surface area contributed by atoms with E-state index in [0.29, 0.717) is 5.56 Å². The number of Topliss-reactive ketones (excluding diaryl/α,β-unsaturated/α-hetero) is 5. The Balaban J connectivity index is 1.89. The summed E-state index contributed by atoms with van der Waals surface area (Å²) in [4.78, 5) is 78.5. The summed E-state index contributed by atoms with van der Waals surface area (Å²) in [7, 11) is 0. The molecule has 2 saturated carbocycles. The van der Waals surface area contributed by atoms with Crippen molar-refractivity contribution in [3.63, 3.8) is 0 Å². The Labute approximate surface area is 202 Å². The van der Waals surface area contributed by atoms with Crippen molar-refractivity contribution in [2.75, 3.05) is 0 Å². The molecule has 0 heterocycles. The summed E-state index contributed by atoms with van der Waals surface area (Å²) < 4.78 is 0. The summed E-state index contributed by atoms with van der Waals surface area (Å²) >= 11 is 0. The molecular formula is C26H29NO8. The first-order valence-corrected chi connectivity index (χ1v) is 11.8. The lowest BCUT2D eigenvalue weighted by molar-refractivity contribution is -0.182. The molecule has 1 amide bonds. The zero-order valence-corrected chi connectivity index (χ0v) is 20.0. The first-order chi connectivity index (χ1) is 16.2. The molecule has 186 valence electrons. The van der Waals surface area contributed by atoms with E-state index < -0.39 is 75.9 Å². The number of benzene rings is 1. The van der Waals surface area contributed by atoms with E-state index >= 15 is 0 Å². The van der Waals surface area contributed by atoms with Gasteiger partial charge in [-0.15, -0.1) is 0 Å². The van der Waals surface area contributed by atoms with E-state index in [0.717, 1.165) is 0 Å². The van der Waals surface area contributed by atoms with Gasteiger partial charge in [-0.1, -0.05) is 27.7 Å². The molecule has 0 aliphatic heterocycles. The summed E-state index contributed by atoms with van der Waals surface area (Å²) in [5.41, 5.74) is 3.03. The number of rotatable bonds is 4. The van der Waals surface area contributed by atoms with Gasteiger partial charge >= 0.3 is 0 Å². The monoisotopic (exact) mass is 483 g/mol. The van der Waals surface area contributed by atoms with E-state index in [1.165, 1.54) is 12.1 Å². The Morgan fingerprint density at radius 2 is 1.69 bits per heavy atom. The lowest BCUT2D eigenvalue weighted by Gasteiger charge is -2.52. The van der Waals surface area contributed by atoms with E-state index in [1.807, 2.05) is 0 Å². The van der Waals surface area contributed by atoms with Crippen LogP contribution < -0.4 is 5.73 Å². The molecule has 1 aromatic carbocycles. The molecule has 1 aromatic rings. The average molecular weight is 484 g/mol. The third-order valence-electron chi connectivity index (χ3n) is 7.99. The normalized spacial score (nSPS) is 32.4. The number of primary amides is 1. The van der Waals surface area contributed by atoms with Gasteiger partial charge in [0.05, 0.1) is 11.5 Å². The van der Waals surface area contributed by atoms with Gasteiger partial charge in [-0.05, 0) is 42.4 Å². The van der Waals surface area contributed by atoms with Crippen LogP contribution in [0.25, 0.3) is 0 Å². The van der Waals surface area contributed by atoms with Crippen LogP contribution >= 0.6 is 0 Å². The first-order valence-electron chi connectivity index (χ1n) is 11.8. The van der Waals surface area contributed by atoms with Crippen molar-refractivity contribution in [2.45, 2.75) is 46.1 Å². The average Bonchev–Trinajstić information content (AvgIpc) is 2.75. The maximum atomic E-state index is 13.7. The van der Waals surface area contributed by atoms with Gasteiger partial charge in [0.1, 0.15) is 5.75 Å². The molecule has 0 bridgehead atoms. The SMILES string of the molecule is CC(C)C(=O)c1ccc(O)c2c1C[C@H]1C[C@H]3[C@H](C(C)C)C(=O)C(C(N)=O)C(=O)[C@@]3(O)C(=O)C1C2=O. The fourth-order valence-electron chi connectivity index (χ4n) is 6.40. The number of phenolic OH excluding ortho intramolecular Hbond substituents is 1. The predicted molar refractivity (Wildman–Crippen MR) is 121 cm³/mol. The third-order valence-corrected chi connectivity index (χ3v) is 7.99. The van der Waals surface area contributed by atoms with E-state index in [9.17, 15) is 39.0 Å². The number of ketones is 5. The highest BCUT2D eigenvalue weighted by Crippen LogP contribution is 2.53. The zero-order chi connectivity index (χ0) is 26.1. The van der Waals surface area contributed by atoms with Crippen LogP contribution in [0, 0.1) is 41.4 Å². The number of fused-ring (bicyclic) bond motifs is 3. The van der Waals surface area contributed by atoms with Crippen molar-refractivity contribution < 1.29 is 39.0 Å². The van der Waals surface area contributed by atoms with Gasteiger partial charge in [-0.3, -0.25) is 28.8 Å². The quantitative estimate of drug-likeness (QED) is 0.421. The molecule has 4 rings (SSSR count). The number of phenols is 1. The summed E-state index contributed by atoms with van der Waals surface area (Å²) in [5, 5.41) is 22.0. The van der Waals surface area contributed by atoms with Crippen LogP contribution in [0.15, 0.2) is 12.1 Å². The van der Waals surface area contributed by atoms with Gasteiger partial charge in [0.2, 0.25) is 5.91 Å². The molecule has 4 N–H and O–H groups in total. The van der Waals surface area contributed by atoms with Crippen LogP contribution in [0.3, 0.4) is 0 Å². The second-order valence-corrected chi connectivity index (χ2v) is 10.7. The zero-order valence-electron chi connectivity index (χ0n) is 20.0. The number of hydrogen-bond donors (Lipinski definition) is 3. The van der Waals surface area contributed by atoms with E-state index in [2.05, 4.69) is 0 Å². The van der Waals surface area contributed by atoms with Crippen LogP contribution in [0.2, 0.25) is 0 Å². The van der Waals surface area contributed by atoms with Gasteiger partial charge in [0.15, 0.2) is 40.4 Å². The number of hydrogen-bond acceptors (Lipinski definition) is 8. The molecule has 3 aliphatic rings. The molecular weight excluding hydrogens is 454 g/mol. The third kappa shape index (κ3) is 3.31. The molecule has 0 radical (unpaired) electrons. The van der Waals surface area contributed by atoms with Gasteiger partial charge in [-0.2, -0.15) is 0 Å². The standard InChI is InChI=1S/C26H29NO8/c1-9(2)16-14-8-11-7-13-12(20(29)10(3)4)5-6-15(28)18(13)22(31)17(11)23(32)26(14,35)24(33)19(21(16)30)25(27)34/h5-6,9-11,14,16-17,19,28,35H,7-8H2,1-4H3,(H2,27,34)/t11-,14-,16-,17?,19?,26-/m0/s1. The van der Waals surface area contributed by atoms with Crippen molar-refractivity contribution in [1.82, 2.24) is 0 Å². The topological polar surface area (TPSA) is 169 Å². The van der Waals surface area contributed by atoms with Crippen LogP contribution in [0.4, 0.5) is 0 Å². The maximum Gasteiger partial charge on any atom is 0.235 e. The van der Waals surface area contributed by atoms with Crippen molar-refractivity contribution in [3.05, 3.63) is 28.8 Å². The highest BCUT2D eigenvalue weighted by atomic mass is 16.3. The molecule has 2 fully saturated rings. The van der Waals surface area contributed by atoms with Gasteiger partial charge in [0, 0.05) is 23.3 Å². The van der Waals surface area contributed by atoms with E-state index in [-0.39, 0.29) is 35.7 Å². The van der Waals surface area contributed by atoms with Crippen molar-refractivity contribution in [2.24, 2.45) is 47.2 Å².